The Morgan fingerprint density at radius 3 is 2.89 bits per heavy atom. The number of nitrogens with zero attached hydrogens (tertiary/aromatic N) is 1. The van der Waals surface area contributed by atoms with Crippen molar-refractivity contribution in [3.63, 3.8) is 0 Å². The Labute approximate surface area is 63.0 Å². The largest absolute Gasteiger partial charge is 0.295 e. The van der Waals surface area contributed by atoms with E-state index >= 15 is 0 Å². The summed E-state index contributed by atoms with van der Waals surface area (Å²) in [5.74, 6) is 0. The van der Waals surface area contributed by atoms with E-state index in [1.54, 1.807) is 11.3 Å². The Balaban J connectivity index is 2.72. The minimum Gasteiger partial charge on any atom is -0.295 e. The van der Waals surface area contributed by atoms with E-state index in [1.165, 1.54) is 0 Å². The van der Waals surface area contributed by atoms with Crippen LogP contribution in [0.2, 0.25) is 4.34 Å². The second kappa shape index (κ2) is 2.99. The van der Waals surface area contributed by atoms with Crippen molar-refractivity contribution in [1.29, 1.82) is 0 Å². The van der Waals surface area contributed by atoms with E-state index in [4.69, 9.17) is 11.6 Å². The van der Waals surface area contributed by atoms with Crippen LogP contribution in [0.25, 0.3) is 0 Å². The average molecular weight is 160 g/mol. The third-order valence-corrected chi connectivity index (χ3v) is 2.11. The second-order valence-electron chi connectivity index (χ2n) is 1.59. The van der Waals surface area contributed by atoms with Gasteiger partial charge in [-0.05, 0) is 18.9 Å². The van der Waals surface area contributed by atoms with Gasteiger partial charge < -0.3 is 0 Å². The molecule has 0 aliphatic rings. The van der Waals surface area contributed by atoms with E-state index in [0.29, 0.717) is 6.54 Å². The normalized spacial score (nSPS) is 9.44. The first kappa shape index (κ1) is 6.78. The van der Waals surface area contributed by atoms with Gasteiger partial charge in [-0.2, -0.15) is 0 Å². The first-order valence-corrected chi connectivity index (χ1v) is 3.69. The lowest BCUT2D eigenvalue weighted by molar-refractivity contribution is 1.12. The zero-order chi connectivity index (χ0) is 6.69. The molecule has 0 bridgehead atoms. The highest BCUT2D eigenvalue weighted by molar-refractivity contribution is 7.16. The Kier molecular flexibility index (Phi) is 2.25. The van der Waals surface area contributed by atoms with Crippen LogP contribution in [-0.4, -0.2) is 6.72 Å². The summed E-state index contributed by atoms with van der Waals surface area (Å²) in [5.41, 5.74) is 0. The molecule has 1 aromatic rings. The molecule has 0 radical (unpaired) electrons. The fourth-order valence-corrected chi connectivity index (χ4v) is 1.59. The van der Waals surface area contributed by atoms with Crippen molar-refractivity contribution >= 4 is 29.7 Å². The molecule has 0 atom stereocenters. The van der Waals surface area contributed by atoms with Gasteiger partial charge >= 0.3 is 0 Å². The Morgan fingerprint density at radius 1 is 1.67 bits per heavy atom. The fourth-order valence-electron chi connectivity index (χ4n) is 0.547. The summed E-state index contributed by atoms with van der Waals surface area (Å²) in [4.78, 5) is 4.88. The highest BCUT2D eigenvalue weighted by Crippen LogP contribution is 2.21. The van der Waals surface area contributed by atoms with Crippen molar-refractivity contribution in [2.45, 2.75) is 6.54 Å². The van der Waals surface area contributed by atoms with Gasteiger partial charge in [-0.15, -0.1) is 11.3 Å². The highest BCUT2D eigenvalue weighted by Gasteiger charge is 1.93. The highest BCUT2D eigenvalue weighted by atomic mass is 35.5. The zero-order valence-electron chi connectivity index (χ0n) is 4.80. The molecule has 48 valence electrons. The monoisotopic (exact) mass is 159 g/mol. The van der Waals surface area contributed by atoms with Crippen molar-refractivity contribution in [2.24, 2.45) is 4.99 Å². The molecule has 0 aliphatic carbocycles. The van der Waals surface area contributed by atoms with Gasteiger partial charge in [-0.3, -0.25) is 4.99 Å². The Bertz CT molecular complexity index is 207. The van der Waals surface area contributed by atoms with Crippen LogP contribution in [0, 0.1) is 0 Å². The quantitative estimate of drug-likeness (QED) is 0.589. The van der Waals surface area contributed by atoms with Gasteiger partial charge in [0.25, 0.3) is 0 Å². The van der Waals surface area contributed by atoms with Gasteiger partial charge in [0, 0.05) is 4.88 Å². The van der Waals surface area contributed by atoms with E-state index in [2.05, 4.69) is 11.7 Å². The molecule has 1 heterocycles. The van der Waals surface area contributed by atoms with Gasteiger partial charge in [0.1, 0.15) is 0 Å². The van der Waals surface area contributed by atoms with Crippen LogP contribution >= 0.6 is 22.9 Å². The summed E-state index contributed by atoms with van der Waals surface area (Å²) < 4.78 is 0.814. The molecular formula is C6H6ClNS. The molecule has 0 spiro atoms. The first-order valence-electron chi connectivity index (χ1n) is 2.49. The molecule has 0 saturated heterocycles. The smallest absolute Gasteiger partial charge is 0.0931 e. The van der Waals surface area contributed by atoms with Gasteiger partial charge in [-0.25, -0.2) is 0 Å². The minimum atomic E-state index is 0.678. The number of thiophene rings is 1. The van der Waals surface area contributed by atoms with Crippen molar-refractivity contribution in [1.82, 2.24) is 0 Å². The lowest BCUT2D eigenvalue weighted by atomic mass is 10.5. The third-order valence-electron chi connectivity index (χ3n) is 0.896. The maximum absolute atomic E-state index is 5.65. The van der Waals surface area contributed by atoms with E-state index in [1.807, 2.05) is 12.1 Å². The summed E-state index contributed by atoms with van der Waals surface area (Å²) in [6, 6.07) is 3.83. The molecule has 0 N–H and O–H groups in total. The minimum absolute atomic E-state index is 0.678. The predicted octanol–water partition coefficient (Wildman–Crippen LogP) is 2.60. The average Bonchev–Trinajstić information content (AvgIpc) is 2.17. The molecule has 0 unspecified atom stereocenters. The van der Waals surface area contributed by atoms with Gasteiger partial charge in [-0.1, -0.05) is 11.6 Å². The Morgan fingerprint density at radius 2 is 2.44 bits per heavy atom. The van der Waals surface area contributed by atoms with Crippen molar-refractivity contribution in [2.75, 3.05) is 0 Å². The van der Waals surface area contributed by atoms with Crippen molar-refractivity contribution in [3.8, 4) is 0 Å². The predicted molar refractivity (Wildman–Crippen MR) is 42.6 cm³/mol. The molecule has 1 aromatic heterocycles. The maximum Gasteiger partial charge on any atom is 0.0931 e. The molecule has 3 heteroatoms. The molecule has 9 heavy (non-hydrogen) atoms. The molecule has 0 amide bonds. The van der Waals surface area contributed by atoms with Gasteiger partial charge in [0.15, 0.2) is 0 Å². The summed E-state index contributed by atoms with van der Waals surface area (Å²) in [7, 11) is 0. The second-order valence-corrected chi connectivity index (χ2v) is 3.39. The third kappa shape index (κ3) is 1.80. The number of hydrogen-bond acceptors (Lipinski definition) is 2. The molecule has 1 rings (SSSR count). The van der Waals surface area contributed by atoms with E-state index < -0.39 is 0 Å². The first-order chi connectivity index (χ1) is 4.33. The van der Waals surface area contributed by atoms with Crippen LogP contribution in [0.3, 0.4) is 0 Å². The van der Waals surface area contributed by atoms with Crippen LogP contribution in [0.5, 0.6) is 0 Å². The molecule has 0 fully saturated rings. The molecule has 0 saturated carbocycles. The van der Waals surface area contributed by atoms with Crippen LogP contribution < -0.4 is 0 Å². The maximum atomic E-state index is 5.65. The van der Waals surface area contributed by atoms with Gasteiger partial charge in [0.2, 0.25) is 0 Å². The standard InChI is InChI=1S/C6H6ClNS/c1-8-4-5-2-3-6(7)9-5/h2-3H,1,4H2. The number of aliphatic imine (C=N–C) groups is 1. The van der Waals surface area contributed by atoms with Gasteiger partial charge in [0.05, 0.1) is 10.9 Å². The molecule has 0 aromatic carbocycles. The van der Waals surface area contributed by atoms with Crippen molar-refractivity contribution < 1.29 is 0 Å². The van der Waals surface area contributed by atoms with Crippen LogP contribution in [0.15, 0.2) is 17.1 Å². The lowest BCUT2D eigenvalue weighted by Crippen LogP contribution is -1.67. The lowest BCUT2D eigenvalue weighted by Gasteiger charge is -1.82. The number of rotatable bonds is 2. The van der Waals surface area contributed by atoms with E-state index in [-0.39, 0.29) is 0 Å². The van der Waals surface area contributed by atoms with Crippen LogP contribution in [-0.2, 0) is 6.54 Å². The molecule has 1 nitrogen and oxygen atoms in total. The van der Waals surface area contributed by atoms with E-state index in [0.717, 1.165) is 9.21 Å². The summed E-state index contributed by atoms with van der Waals surface area (Å²) in [5, 5.41) is 0. The number of hydrogen-bond donors (Lipinski definition) is 0. The van der Waals surface area contributed by atoms with Crippen molar-refractivity contribution in [3.05, 3.63) is 21.3 Å². The summed E-state index contributed by atoms with van der Waals surface area (Å²) >= 11 is 7.20. The number of halogens is 1. The SMILES string of the molecule is C=NCc1ccc(Cl)s1. The van der Waals surface area contributed by atoms with Crippen LogP contribution in [0.4, 0.5) is 0 Å². The van der Waals surface area contributed by atoms with Crippen LogP contribution in [0.1, 0.15) is 4.88 Å². The summed E-state index contributed by atoms with van der Waals surface area (Å²) in [6.45, 7) is 4.06. The summed E-state index contributed by atoms with van der Waals surface area (Å²) in [6.07, 6.45) is 0. The Hall–Kier alpha value is -0.340. The zero-order valence-corrected chi connectivity index (χ0v) is 6.37. The topological polar surface area (TPSA) is 12.4 Å². The fraction of sp³-hybridized carbons (Fsp3) is 0.167. The molecular weight excluding hydrogens is 154 g/mol. The van der Waals surface area contributed by atoms with E-state index in [9.17, 15) is 0 Å². The molecule has 0 aliphatic heterocycles.